The second kappa shape index (κ2) is 4.96. The summed E-state index contributed by atoms with van der Waals surface area (Å²) in [6.07, 6.45) is 0.584. The second-order valence-corrected chi connectivity index (χ2v) is 3.96. The zero-order valence-electron chi connectivity index (χ0n) is 9.49. The maximum Gasteiger partial charge on any atom is 0.153 e. The molecule has 0 aromatic heterocycles. The lowest BCUT2D eigenvalue weighted by molar-refractivity contribution is 0.111. The number of nitrogens with two attached hydrogens (primary N) is 1. The molecule has 0 radical (unpaired) electrons. The summed E-state index contributed by atoms with van der Waals surface area (Å²) in [5, 5.41) is 0. The van der Waals surface area contributed by atoms with Gasteiger partial charge in [-0.3, -0.25) is 4.79 Å². The van der Waals surface area contributed by atoms with Crippen LogP contribution < -0.4 is 5.73 Å². The summed E-state index contributed by atoms with van der Waals surface area (Å²) in [5.41, 5.74) is 6.70. The Bertz CT molecular complexity index is 596. The maximum absolute atomic E-state index is 13.9. The lowest BCUT2D eigenvalue weighted by atomic mass is 10.0. The lowest BCUT2D eigenvalue weighted by Gasteiger charge is -2.09. The first kappa shape index (κ1) is 12.2. The van der Waals surface area contributed by atoms with Crippen LogP contribution in [0.4, 0.5) is 14.5 Å². The molecular formula is C14H11F2NO. The smallest absolute Gasteiger partial charge is 0.153 e. The summed E-state index contributed by atoms with van der Waals surface area (Å²) in [6, 6.07) is 8.64. The first-order valence-corrected chi connectivity index (χ1v) is 5.38. The Hall–Kier alpha value is -2.23. The van der Waals surface area contributed by atoms with Crippen LogP contribution >= 0.6 is 0 Å². The minimum atomic E-state index is -0.644. The average molecular weight is 247 g/mol. The van der Waals surface area contributed by atoms with E-state index in [-0.39, 0.29) is 23.2 Å². The van der Waals surface area contributed by atoms with Gasteiger partial charge >= 0.3 is 0 Å². The molecule has 2 N–H and O–H groups in total. The Balaban J connectivity index is 2.42. The molecule has 4 heteroatoms. The zero-order valence-corrected chi connectivity index (χ0v) is 9.49. The van der Waals surface area contributed by atoms with E-state index >= 15 is 0 Å². The van der Waals surface area contributed by atoms with Crippen LogP contribution in [-0.2, 0) is 6.42 Å². The van der Waals surface area contributed by atoms with E-state index in [9.17, 15) is 13.6 Å². The molecule has 2 nitrogen and oxygen atoms in total. The molecule has 18 heavy (non-hydrogen) atoms. The first-order chi connectivity index (χ1) is 8.61. The van der Waals surface area contributed by atoms with Crippen LogP contribution in [0.1, 0.15) is 21.5 Å². The molecular weight excluding hydrogens is 236 g/mol. The molecule has 0 saturated heterocycles. The molecule has 0 aliphatic carbocycles. The van der Waals surface area contributed by atoms with Gasteiger partial charge in [-0.05, 0) is 29.8 Å². The quantitative estimate of drug-likeness (QED) is 0.669. The first-order valence-electron chi connectivity index (χ1n) is 5.38. The monoisotopic (exact) mass is 247 g/mol. The molecule has 0 aliphatic rings. The number of hydrogen-bond acceptors (Lipinski definition) is 2. The van der Waals surface area contributed by atoms with E-state index in [2.05, 4.69) is 0 Å². The van der Waals surface area contributed by atoms with Crippen molar-refractivity contribution in [3.8, 4) is 0 Å². The summed E-state index contributed by atoms with van der Waals surface area (Å²) in [5.74, 6) is -1.03. The van der Waals surface area contributed by atoms with Gasteiger partial charge in [0.15, 0.2) is 6.29 Å². The highest BCUT2D eigenvalue weighted by Gasteiger charge is 2.12. The molecule has 0 spiro atoms. The van der Waals surface area contributed by atoms with Gasteiger partial charge < -0.3 is 5.73 Å². The van der Waals surface area contributed by atoms with Crippen LogP contribution in [0, 0.1) is 11.6 Å². The average Bonchev–Trinajstić information content (AvgIpc) is 2.35. The standard InChI is InChI=1S/C14H11F2NO/c15-11-3-1-2-9(6-11)7-12-13(17)5-4-10(8-18)14(12)16/h1-6,8H,7,17H2. The molecule has 0 heterocycles. The fourth-order valence-corrected chi connectivity index (χ4v) is 1.78. The van der Waals surface area contributed by atoms with Crippen molar-refractivity contribution in [2.75, 3.05) is 5.73 Å². The number of halogens is 2. The van der Waals surface area contributed by atoms with Gasteiger partial charge in [0.25, 0.3) is 0 Å². The molecule has 0 unspecified atom stereocenters. The molecule has 2 aromatic rings. The number of anilines is 1. The van der Waals surface area contributed by atoms with Gasteiger partial charge in [0, 0.05) is 17.7 Å². The van der Waals surface area contributed by atoms with Crippen LogP contribution in [0.2, 0.25) is 0 Å². The number of rotatable bonds is 3. The molecule has 0 fully saturated rings. The number of nitrogen functional groups attached to an aromatic ring is 1. The summed E-state index contributed by atoms with van der Waals surface area (Å²) >= 11 is 0. The van der Waals surface area contributed by atoms with Gasteiger partial charge in [0.05, 0.1) is 5.56 Å². The summed E-state index contributed by atoms with van der Waals surface area (Å²) in [7, 11) is 0. The van der Waals surface area contributed by atoms with Crippen molar-refractivity contribution in [2.45, 2.75) is 6.42 Å². The Morgan fingerprint density at radius 3 is 2.61 bits per heavy atom. The number of aldehydes is 1. The van der Waals surface area contributed by atoms with Gasteiger partial charge in [-0.25, -0.2) is 8.78 Å². The van der Waals surface area contributed by atoms with Crippen LogP contribution in [0.3, 0.4) is 0 Å². The maximum atomic E-state index is 13.9. The minimum absolute atomic E-state index is 0.0457. The van der Waals surface area contributed by atoms with E-state index in [0.29, 0.717) is 11.8 Å². The molecule has 0 amide bonds. The predicted molar refractivity (Wildman–Crippen MR) is 65.4 cm³/mol. The third kappa shape index (κ3) is 2.37. The molecule has 0 atom stereocenters. The van der Waals surface area contributed by atoms with Crippen molar-refractivity contribution in [3.63, 3.8) is 0 Å². The Morgan fingerprint density at radius 2 is 1.94 bits per heavy atom. The van der Waals surface area contributed by atoms with Gasteiger partial charge in [0.1, 0.15) is 11.6 Å². The number of carbonyl (C=O) groups is 1. The van der Waals surface area contributed by atoms with Crippen LogP contribution in [-0.4, -0.2) is 6.29 Å². The van der Waals surface area contributed by atoms with E-state index < -0.39 is 11.6 Å². The van der Waals surface area contributed by atoms with E-state index in [0.717, 1.165) is 0 Å². The second-order valence-electron chi connectivity index (χ2n) is 3.96. The van der Waals surface area contributed by atoms with E-state index in [4.69, 9.17) is 5.73 Å². The topological polar surface area (TPSA) is 43.1 Å². The van der Waals surface area contributed by atoms with Gasteiger partial charge in [0.2, 0.25) is 0 Å². The highest BCUT2D eigenvalue weighted by molar-refractivity contribution is 5.77. The fourth-order valence-electron chi connectivity index (χ4n) is 1.78. The summed E-state index contributed by atoms with van der Waals surface area (Å²) in [6.45, 7) is 0. The van der Waals surface area contributed by atoms with Gasteiger partial charge in [-0.15, -0.1) is 0 Å². The van der Waals surface area contributed by atoms with Gasteiger partial charge in [-0.1, -0.05) is 12.1 Å². The molecule has 0 bridgehead atoms. The normalized spacial score (nSPS) is 10.3. The third-order valence-corrected chi connectivity index (χ3v) is 2.71. The highest BCUT2D eigenvalue weighted by Crippen LogP contribution is 2.22. The van der Waals surface area contributed by atoms with E-state index in [1.807, 2.05) is 0 Å². The third-order valence-electron chi connectivity index (χ3n) is 2.71. The Morgan fingerprint density at radius 1 is 1.17 bits per heavy atom. The van der Waals surface area contributed by atoms with E-state index in [1.165, 1.54) is 24.3 Å². The van der Waals surface area contributed by atoms with Gasteiger partial charge in [-0.2, -0.15) is 0 Å². The molecule has 0 aliphatic heterocycles. The van der Waals surface area contributed by atoms with Crippen molar-refractivity contribution >= 4 is 12.0 Å². The van der Waals surface area contributed by atoms with Crippen molar-refractivity contribution in [2.24, 2.45) is 0 Å². The number of hydrogen-bond donors (Lipinski definition) is 1. The van der Waals surface area contributed by atoms with Crippen LogP contribution in [0.15, 0.2) is 36.4 Å². The lowest BCUT2D eigenvalue weighted by Crippen LogP contribution is -2.03. The Labute approximate surface area is 103 Å². The van der Waals surface area contributed by atoms with Crippen LogP contribution in [0.5, 0.6) is 0 Å². The summed E-state index contributed by atoms with van der Waals surface area (Å²) in [4.78, 5) is 10.7. The largest absolute Gasteiger partial charge is 0.398 e. The zero-order chi connectivity index (χ0) is 13.1. The summed E-state index contributed by atoms with van der Waals surface area (Å²) < 4.78 is 27.0. The molecule has 92 valence electrons. The fraction of sp³-hybridized carbons (Fsp3) is 0.0714. The van der Waals surface area contributed by atoms with Crippen molar-refractivity contribution < 1.29 is 13.6 Å². The van der Waals surface area contributed by atoms with Crippen molar-refractivity contribution in [1.29, 1.82) is 0 Å². The van der Waals surface area contributed by atoms with E-state index in [1.54, 1.807) is 12.1 Å². The number of benzene rings is 2. The highest BCUT2D eigenvalue weighted by atomic mass is 19.1. The number of carbonyl (C=O) groups excluding carboxylic acids is 1. The minimum Gasteiger partial charge on any atom is -0.398 e. The van der Waals surface area contributed by atoms with Crippen molar-refractivity contribution in [3.05, 3.63) is 64.7 Å². The molecule has 2 aromatic carbocycles. The van der Waals surface area contributed by atoms with Crippen molar-refractivity contribution in [1.82, 2.24) is 0 Å². The Kier molecular flexibility index (Phi) is 3.37. The molecule has 0 saturated carbocycles. The SMILES string of the molecule is Nc1ccc(C=O)c(F)c1Cc1cccc(F)c1. The van der Waals surface area contributed by atoms with Crippen LogP contribution in [0.25, 0.3) is 0 Å². The molecule has 2 rings (SSSR count). The predicted octanol–water partition coefficient (Wildman–Crippen LogP) is 2.95.